The summed E-state index contributed by atoms with van der Waals surface area (Å²) in [6, 6.07) is 50.9. The lowest BCUT2D eigenvalue weighted by molar-refractivity contribution is 0.461. The molecule has 266 valence electrons. The van der Waals surface area contributed by atoms with Gasteiger partial charge in [0.2, 0.25) is 0 Å². The SMILES string of the molecule is CC(C)(C)c1ccc2c(c1)Oc1cc(-n3c4ccccc4c4ccc5c(c6ccccc6n5-c5ccccc5)c43)cc3c1B2c1ccc(C(C)(C)C)cc1O3. The summed E-state index contributed by atoms with van der Waals surface area (Å²) in [6.07, 6.45) is 0. The van der Waals surface area contributed by atoms with Gasteiger partial charge in [-0.05, 0) is 75.3 Å². The number of benzene rings is 7. The van der Waals surface area contributed by atoms with E-state index in [1.807, 2.05) is 0 Å². The molecule has 55 heavy (non-hydrogen) atoms. The van der Waals surface area contributed by atoms with Crippen LogP contribution in [0.15, 0.2) is 140 Å². The van der Waals surface area contributed by atoms with E-state index >= 15 is 0 Å². The van der Waals surface area contributed by atoms with Crippen LogP contribution >= 0.6 is 0 Å². The fraction of sp³-hybridized carbons (Fsp3) is 0.160. The minimum absolute atomic E-state index is 0.0108. The average molecular weight is 713 g/mol. The summed E-state index contributed by atoms with van der Waals surface area (Å²) in [5, 5.41) is 4.86. The van der Waals surface area contributed by atoms with Gasteiger partial charge in [0.05, 0.1) is 27.8 Å². The van der Waals surface area contributed by atoms with E-state index in [0.717, 1.165) is 45.4 Å². The van der Waals surface area contributed by atoms with Crippen molar-refractivity contribution in [1.82, 2.24) is 9.13 Å². The van der Waals surface area contributed by atoms with Crippen molar-refractivity contribution in [2.24, 2.45) is 0 Å². The minimum Gasteiger partial charge on any atom is -0.458 e. The van der Waals surface area contributed by atoms with E-state index in [9.17, 15) is 0 Å². The van der Waals surface area contributed by atoms with E-state index in [2.05, 4.69) is 190 Å². The lowest BCUT2D eigenvalue weighted by Crippen LogP contribution is -2.57. The highest BCUT2D eigenvalue weighted by Gasteiger charge is 2.41. The van der Waals surface area contributed by atoms with E-state index in [-0.39, 0.29) is 17.5 Å². The molecule has 2 aromatic heterocycles. The molecule has 0 amide bonds. The summed E-state index contributed by atoms with van der Waals surface area (Å²) in [5.41, 5.74) is 12.7. The van der Waals surface area contributed by atoms with Crippen LogP contribution in [0.5, 0.6) is 23.0 Å². The molecule has 0 fully saturated rings. The molecule has 0 unspecified atom stereocenters. The fourth-order valence-corrected chi connectivity index (χ4v) is 9.17. The Kier molecular flexibility index (Phi) is 6.55. The van der Waals surface area contributed by atoms with Crippen LogP contribution in [0.1, 0.15) is 52.7 Å². The highest BCUT2D eigenvalue weighted by Crippen LogP contribution is 2.44. The molecule has 0 spiro atoms. The monoisotopic (exact) mass is 712 g/mol. The Balaban J connectivity index is 1.23. The second-order valence-corrected chi connectivity index (χ2v) is 17.4. The van der Waals surface area contributed by atoms with E-state index in [0.29, 0.717) is 0 Å². The molecule has 0 bridgehead atoms. The molecular weight excluding hydrogens is 671 g/mol. The summed E-state index contributed by atoms with van der Waals surface area (Å²) in [4.78, 5) is 0. The van der Waals surface area contributed by atoms with Gasteiger partial charge in [-0.1, -0.05) is 126 Å². The number of aromatic nitrogens is 2. The Morgan fingerprint density at radius 1 is 0.436 bits per heavy atom. The van der Waals surface area contributed by atoms with Crippen LogP contribution in [-0.4, -0.2) is 15.8 Å². The summed E-state index contributed by atoms with van der Waals surface area (Å²) in [6.45, 7) is 13.6. The highest BCUT2D eigenvalue weighted by atomic mass is 16.5. The molecule has 11 rings (SSSR count). The second-order valence-electron chi connectivity index (χ2n) is 17.4. The third-order valence-electron chi connectivity index (χ3n) is 11.9. The molecule has 0 N–H and O–H groups in total. The molecule has 0 saturated heterocycles. The van der Waals surface area contributed by atoms with Crippen LogP contribution in [0.25, 0.3) is 55.0 Å². The van der Waals surface area contributed by atoms with Crippen LogP contribution in [0.2, 0.25) is 0 Å². The average Bonchev–Trinajstić information content (AvgIpc) is 3.70. The number of rotatable bonds is 2. The molecule has 0 atom stereocenters. The number of nitrogens with zero attached hydrogens (tertiary/aromatic N) is 2. The van der Waals surface area contributed by atoms with Crippen LogP contribution in [0, 0.1) is 0 Å². The predicted molar refractivity (Wildman–Crippen MR) is 230 cm³/mol. The Morgan fingerprint density at radius 2 is 0.982 bits per heavy atom. The van der Waals surface area contributed by atoms with E-state index < -0.39 is 0 Å². The molecular formula is C50H41BN2O2. The van der Waals surface area contributed by atoms with Crippen molar-refractivity contribution < 1.29 is 9.47 Å². The van der Waals surface area contributed by atoms with E-state index in [1.54, 1.807) is 0 Å². The summed E-state index contributed by atoms with van der Waals surface area (Å²) in [7, 11) is 0. The largest absolute Gasteiger partial charge is 0.458 e. The molecule has 2 aliphatic rings. The van der Waals surface area contributed by atoms with Crippen molar-refractivity contribution in [3.8, 4) is 34.4 Å². The Labute approximate surface area is 321 Å². The van der Waals surface area contributed by atoms with Crippen molar-refractivity contribution in [1.29, 1.82) is 0 Å². The smallest absolute Gasteiger partial charge is 0.260 e. The van der Waals surface area contributed by atoms with Crippen molar-refractivity contribution in [3.63, 3.8) is 0 Å². The number of ether oxygens (including phenoxy) is 2. The zero-order chi connectivity index (χ0) is 37.4. The summed E-state index contributed by atoms with van der Waals surface area (Å²) >= 11 is 0. The Hall–Kier alpha value is -6.20. The molecule has 0 radical (unpaired) electrons. The number of fused-ring (bicyclic) bond motifs is 11. The molecule has 4 heterocycles. The molecule has 2 aliphatic heterocycles. The number of hydrogen-bond donors (Lipinski definition) is 0. The molecule has 4 nitrogen and oxygen atoms in total. The first-order valence-electron chi connectivity index (χ1n) is 19.4. The quantitative estimate of drug-likeness (QED) is 0.167. The van der Waals surface area contributed by atoms with Crippen LogP contribution in [0.4, 0.5) is 0 Å². The van der Waals surface area contributed by atoms with Gasteiger partial charge in [-0.2, -0.15) is 0 Å². The van der Waals surface area contributed by atoms with Crippen molar-refractivity contribution in [2.75, 3.05) is 0 Å². The molecule has 5 heteroatoms. The maximum atomic E-state index is 7.04. The third-order valence-corrected chi connectivity index (χ3v) is 11.9. The molecule has 7 aromatic carbocycles. The van der Waals surface area contributed by atoms with Gasteiger partial charge in [0, 0.05) is 44.8 Å². The first-order valence-corrected chi connectivity index (χ1v) is 19.4. The maximum Gasteiger partial charge on any atom is 0.260 e. The maximum absolute atomic E-state index is 7.04. The summed E-state index contributed by atoms with van der Waals surface area (Å²) < 4.78 is 18.9. The lowest BCUT2D eigenvalue weighted by Gasteiger charge is -2.35. The van der Waals surface area contributed by atoms with Gasteiger partial charge in [-0.15, -0.1) is 0 Å². The first kappa shape index (κ1) is 32.3. The van der Waals surface area contributed by atoms with Crippen LogP contribution < -0.4 is 25.9 Å². The topological polar surface area (TPSA) is 28.3 Å². The third kappa shape index (κ3) is 4.65. The molecule has 0 saturated carbocycles. The first-order chi connectivity index (χ1) is 26.5. The highest BCUT2D eigenvalue weighted by molar-refractivity contribution is 6.98. The zero-order valence-corrected chi connectivity index (χ0v) is 32.1. The molecule has 9 aromatic rings. The van der Waals surface area contributed by atoms with E-state index in [1.165, 1.54) is 60.1 Å². The predicted octanol–water partition coefficient (Wildman–Crippen LogP) is 11.2. The zero-order valence-electron chi connectivity index (χ0n) is 32.1. The Bertz CT molecular complexity index is 2980. The van der Waals surface area contributed by atoms with Gasteiger partial charge in [0.25, 0.3) is 6.71 Å². The van der Waals surface area contributed by atoms with E-state index in [4.69, 9.17) is 9.47 Å². The minimum atomic E-state index is -0.0197. The number of para-hydroxylation sites is 3. The van der Waals surface area contributed by atoms with Gasteiger partial charge in [-0.25, -0.2) is 0 Å². The lowest BCUT2D eigenvalue weighted by atomic mass is 9.34. The van der Waals surface area contributed by atoms with Crippen molar-refractivity contribution >= 4 is 66.7 Å². The number of hydrogen-bond acceptors (Lipinski definition) is 2. The van der Waals surface area contributed by atoms with Gasteiger partial charge in [-0.3, -0.25) is 0 Å². The fourth-order valence-electron chi connectivity index (χ4n) is 9.17. The van der Waals surface area contributed by atoms with Crippen molar-refractivity contribution in [2.45, 2.75) is 52.4 Å². The Morgan fingerprint density at radius 3 is 1.58 bits per heavy atom. The summed E-state index contributed by atoms with van der Waals surface area (Å²) in [5.74, 6) is 3.51. The van der Waals surface area contributed by atoms with Crippen LogP contribution in [0.3, 0.4) is 0 Å². The normalized spacial score (nSPS) is 13.5. The van der Waals surface area contributed by atoms with Gasteiger partial charge < -0.3 is 18.6 Å². The molecule has 0 aliphatic carbocycles. The van der Waals surface area contributed by atoms with Gasteiger partial charge in [0.15, 0.2) is 0 Å². The van der Waals surface area contributed by atoms with Gasteiger partial charge in [0.1, 0.15) is 23.0 Å². The van der Waals surface area contributed by atoms with Gasteiger partial charge >= 0.3 is 0 Å². The van der Waals surface area contributed by atoms with Crippen LogP contribution in [-0.2, 0) is 10.8 Å². The standard InChI is InChI=1S/C50H41BN2O2/c1-49(2,3)30-20-23-37-42(26-30)54-44-28-33(29-45-47(44)51(37)38-24-21-31(50(4,5)6)27-43(38)55-45)53-39-18-12-10-16-34(39)35-22-25-41-46(48(35)53)36-17-11-13-19-40(36)52(41)32-14-8-7-9-15-32/h7-29H,1-6H3. The van der Waals surface area contributed by atoms with Crippen molar-refractivity contribution in [3.05, 3.63) is 151 Å². The second kappa shape index (κ2) is 11.2.